The van der Waals surface area contributed by atoms with Crippen molar-refractivity contribution < 1.29 is 9.59 Å². The Balaban J connectivity index is 1.46. The molecule has 0 radical (unpaired) electrons. The minimum atomic E-state index is -0.511. The second kappa shape index (κ2) is 7.58. The molecule has 3 heterocycles. The van der Waals surface area contributed by atoms with E-state index in [0.29, 0.717) is 20.1 Å². The molecule has 0 unspecified atom stereocenters. The molecule has 0 aliphatic rings. The van der Waals surface area contributed by atoms with E-state index in [-0.39, 0.29) is 17.8 Å². The van der Waals surface area contributed by atoms with Gasteiger partial charge in [0.2, 0.25) is 5.91 Å². The molecule has 148 valence electrons. The molecule has 7 nitrogen and oxygen atoms in total. The summed E-state index contributed by atoms with van der Waals surface area (Å²) in [5.41, 5.74) is 5.31. The highest BCUT2D eigenvalue weighted by Gasteiger charge is 2.18. The zero-order valence-corrected chi connectivity index (χ0v) is 17.8. The van der Waals surface area contributed by atoms with Gasteiger partial charge in [0.05, 0.1) is 16.8 Å². The maximum absolute atomic E-state index is 12.4. The minimum absolute atomic E-state index is 0.179. The first kappa shape index (κ1) is 19.6. The van der Waals surface area contributed by atoms with Gasteiger partial charge in [-0.1, -0.05) is 29.8 Å². The van der Waals surface area contributed by atoms with Gasteiger partial charge in [-0.2, -0.15) is 0 Å². The van der Waals surface area contributed by atoms with Crippen molar-refractivity contribution in [2.45, 2.75) is 20.3 Å². The number of nitrogens with zero attached hydrogens (tertiary/aromatic N) is 1. The van der Waals surface area contributed by atoms with Gasteiger partial charge < -0.3 is 4.98 Å². The fraction of sp³-hybridized carbons (Fsp3) is 0.158. The van der Waals surface area contributed by atoms with Crippen LogP contribution in [-0.2, 0) is 11.2 Å². The number of carbonyl (C=O) groups excluding carboxylic acids is 2. The Morgan fingerprint density at radius 3 is 2.69 bits per heavy atom. The molecule has 0 saturated carbocycles. The molecule has 4 aromatic rings. The van der Waals surface area contributed by atoms with Crippen molar-refractivity contribution in [3.63, 3.8) is 0 Å². The van der Waals surface area contributed by atoms with Gasteiger partial charge >= 0.3 is 0 Å². The lowest BCUT2D eigenvalue weighted by atomic mass is 10.2. The Labute approximate surface area is 177 Å². The molecule has 29 heavy (non-hydrogen) atoms. The van der Waals surface area contributed by atoms with E-state index in [1.54, 1.807) is 0 Å². The third kappa shape index (κ3) is 3.64. The van der Waals surface area contributed by atoms with E-state index in [4.69, 9.17) is 11.6 Å². The predicted molar refractivity (Wildman–Crippen MR) is 116 cm³/mol. The molecule has 3 N–H and O–H groups in total. The Hall–Kier alpha value is -2.75. The summed E-state index contributed by atoms with van der Waals surface area (Å²) in [5, 5.41) is 1.67. The second-order valence-electron chi connectivity index (χ2n) is 6.40. The van der Waals surface area contributed by atoms with Gasteiger partial charge in [0.15, 0.2) is 0 Å². The summed E-state index contributed by atoms with van der Waals surface area (Å²) in [4.78, 5) is 45.8. The van der Waals surface area contributed by atoms with Crippen LogP contribution >= 0.6 is 34.3 Å². The van der Waals surface area contributed by atoms with Crippen molar-refractivity contribution in [1.82, 2.24) is 20.8 Å². The topological polar surface area (TPSA) is 104 Å². The number of amides is 2. The lowest BCUT2D eigenvalue weighted by Gasteiger charge is -2.06. The molecular formula is C19H15ClN4O3S2. The van der Waals surface area contributed by atoms with E-state index in [0.717, 1.165) is 20.5 Å². The van der Waals surface area contributed by atoms with Gasteiger partial charge in [-0.15, -0.1) is 22.7 Å². The first-order chi connectivity index (χ1) is 13.8. The standard InChI is InChI=1S/C19H15ClN4O3S2/c1-8-9(2)28-19-14(8)17(26)21-12(22-19)7-13(25)23-24-18(27)16-15(20)10-5-3-4-6-11(10)29-16/h3-6H,7H2,1-2H3,(H,23,25)(H,24,27)(H,21,22,26). The lowest BCUT2D eigenvalue weighted by molar-refractivity contribution is -0.121. The van der Waals surface area contributed by atoms with Crippen LogP contribution in [0.2, 0.25) is 5.02 Å². The van der Waals surface area contributed by atoms with Crippen LogP contribution < -0.4 is 16.4 Å². The average molecular weight is 447 g/mol. The number of hydrogen-bond acceptors (Lipinski definition) is 6. The number of aromatic nitrogens is 2. The lowest BCUT2D eigenvalue weighted by Crippen LogP contribution is -2.42. The zero-order valence-electron chi connectivity index (χ0n) is 15.4. The number of aromatic amines is 1. The highest BCUT2D eigenvalue weighted by atomic mass is 35.5. The number of nitrogens with one attached hydrogen (secondary N) is 3. The van der Waals surface area contributed by atoms with Crippen LogP contribution in [0.25, 0.3) is 20.3 Å². The number of aryl methyl sites for hydroxylation is 2. The van der Waals surface area contributed by atoms with Gasteiger partial charge in [0, 0.05) is 15.0 Å². The molecule has 0 atom stereocenters. The normalized spacial score (nSPS) is 11.1. The summed E-state index contributed by atoms with van der Waals surface area (Å²) in [7, 11) is 0. The van der Waals surface area contributed by atoms with Crippen LogP contribution in [0.3, 0.4) is 0 Å². The minimum Gasteiger partial charge on any atom is -0.309 e. The smallest absolute Gasteiger partial charge is 0.281 e. The Bertz CT molecular complexity index is 1340. The average Bonchev–Trinajstić information content (AvgIpc) is 3.17. The molecule has 10 heteroatoms. The van der Waals surface area contributed by atoms with Crippen molar-refractivity contribution in [2.24, 2.45) is 0 Å². The van der Waals surface area contributed by atoms with Crippen LogP contribution in [0.5, 0.6) is 0 Å². The molecule has 0 saturated heterocycles. The summed E-state index contributed by atoms with van der Waals surface area (Å²) in [6.45, 7) is 3.79. The predicted octanol–water partition coefficient (Wildman–Crippen LogP) is 3.47. The number of rotatable bonds is 3. The van der Waals surface area contributed by atoms with E-state index in [9.17, 15) is 14.4 Å². The van der Waals surface area contributed by atoms with Gasteiger partial charge in [-0.05, 0) is 25.5 Å². The van der Waals surface area contributed by atoms with E-state index in [1.807, 2.05) is 38.1 Å². The zero-order chi connectivity index (χ0) is 20.7. The molecule has 0 aliphatic carbocycles. The SMILES string of the molecule is Cc1sc2nc(CC(=O)NNC(=O)c3sc4ccccc4c3Cl)[nH]c(=O)c2c1C. The van der Waals surface area contributed by atoms with Gasteiger partial charge in [-0.3, -0.25) is 25.2 Å². The molecule has 4 rings (SSSR count). The van der Waals surface area contributed by atoms with Crippen LogP contribution in [0.4, 0.5) is 0 Å². The van der Waals surface area contributed by atoms with Crippen molar-refractivity contribution in [3.8, 4) is 0 Å². The molecule has 1 aromatic carbocycles. The van der Waals surface area contributed by atoms with E-state index in [2.05, 4.69) is 20.8 Å². The molecular weight excluding hydrogens is 432 g/mol. The Kier molecular flexibility index (Phi) is 5.12. The van der Waals surface area contributed by atoms with Crippen LogP contribution in [0.1, 0.15) is 25.9 Å². The number of benzene rings is 1. The third-order valence-corrected chi connectivity index (χ3v) is 7.25. The maximum atomic E-state index is 12.4. The maximum Gasteiger partial charge on any atom is 0.281 e. The van der Waals surface area contributed by atoms with E-state index >= 15 is 0 Å². The van der Waals surface area contributed by atoms with Gasteiger partial charge in [0.25, 0.3) is 11.5 Å². The van der Waals surface area contributed by atoms with Gasteiger partial charge in [0.1, 0.15) is 15.5 Å². The largest absolute Gasteiger partial charge is 0.309 e. The highest BCUT2D eigenvalue weighted by Crippen LogP contribution is 2.34. The van der Waals surface area contributed by atoms with Crippen LogP contribution in [0, 0.1) is 13.8 Å². The number of thiophene rings is 2. The van der Waals surface area contributed by atoms with Crippen molar-refractivity contribution in [3.05, 3.63) is 60.8 Å². The number of H-pyrrole nitrogens is 1. The van der Waals surface area contributed by atoms with E-state index in [1.165, 1.54) is 22.7 Å². The summed E-state index contributed by atoms with van der Waals surface area (Å²) in [6.07, 6.45) is -0.179. The van der Waals surface area contributed by atoms with Crippen molar-refractivity contribution in [2.75, 3.05) is 0 Å². The first-order valence-corrected chi connectivity index (χ1v) is 10.6. The molecule has 3 aromatic heterocycles. The summed E-state index contributed by atoms with van der Waals surface area (Å²) < 4.78 is 0.880. The summed E-state index contributed by atoms with van der Waals surface area (Å²) in [5.74, 6) is -0.788. The Morgan fingerprint density at radius 2 is 1.93 bits per heavy atom. The van der Waals surface area contributed by atoms with Gasteiger partial charge in [-0.25, -0.2) is 4.98 Å². The molecule has 0 spiro atoms. The second-order valence-corrected chi connectivity index (χ2v) is 9.03. The summed E-state index contributed by atoms with van der Waals surface area (Å²) in [6, 6.07) is 7.40. The molecule has 0 bridgehead atoms. The third-order valence-electron chi connectivity index (χ3n) is 4.47. The monoisotopic (exact) mass is 446 g/mol. The van der Waals surface area contributed by atoms with Crippen molar-refractivity contribution >= 4 is 66.4 Å². The Morgan fingerprint density at radius 1 is 1.17 bits per heavy atom. The van der Waals surface area contributed by atoms with Crippen molar-refractivity contribution in [1.29, 1.82) is 0 Å². The highest BCUT2D eigenvalue weighted by molar-refractivity contribution is 7.21. The number of fused-ring (bicyclic) bond motifs is 2. The number of hydrazine groups is 1. The first-order valence-electron chi connectivity index (χ1n) is 8.60. The number of hydrogen-bond donors (Lipinski definition) is 3. The number of carbonyl (C=O) groups is 2. The summed E-state index contributed by atoms with van der Waals surface area (Å²) >= 11 is 8.92. The van der Waals surface area contributed by atoms with Crippen LogP contribution in [0.15, 0.2) is 29.1 Å². The molecule has 0 aliphatic heterocycles. The molecule has 2 amide bonds. The fourth-order valence-electron chi connectivity index (χ4n) is 2.92. The quantitative estimate of drug-likeness (QED) is 0.419. The fourth-order valence-corrected chi connectivity index (χ4v) is 5.38. The molecule has 0 fully saturated rings. The number of halogens is 1. The van der Waals surface area contributed by atoms with E-state index < -0.39 is 11.8 Å². The van der Waals surface area contributed by atoms with Crippen LogP contribution in [-0.4, -0.2) is 21.8 Å².